The van der Waals surface area contributed by atoms with Gasteiger partial charge in [-0.3, -0.25) is 4.72 Å². The van der Waals surface area contributed by atoms with E-state index >= 15 is 0 Å². The van der Waals surface area contributed by atoms with Crippen LogP contribution in [-0.4, -0.2) is 8.42 Å². The maximum Gasteiger partial charge on any atom is 0.263 e. The normalized spacial score (nSPS) is 11.4. The maximum atomic E-state index is 13.2. The van der Waals surface area contributed by atoms with Crippen LogP contribution in [-0.2, 0) is 10.0 Å². The van der Waals surface area contributed by atoms with Gasteiger partial charge in [-0.15, -0.1) is 0 Å². The molecule has 20 heavy (non-hydrogen) atoms. The van der Waals surface area contributed by atoms with E-state index < -0.39 is 15.8 Å². The Morgan fingerprint density at radius 2 is 1.80 bits per heavy atom. The zero-order valence-corrected chi connectivity index (χ0v) is 14.3. The van der Waals surface area contributed by atoms with Gasteiger partial charge in [-0.05, 0) is 58.7 Å². The van der Waals surface area contributed by atoms with Gasteiger partial charge in [0.15, 0.2) is 0 Å². The minimum atomic E-state index is -3.80. The van der Waals surface area contributed by atoms with Crippen LogP contribution in [0.2, 0.25) is 0 Å². The first-order chi connectivity index (χ1) is 9.29. The Bertz CT molecular complexity index is 763. The highest BCUT2D eigenvalue weighted by atomic mass is 79.9. The van der Waals surface area contributed by atoms with Gasteiger partial charge in [0.2, 0.25) is 0 Å². The number of aryl methyl sites for hydroxylation is 1. The summed E-state index contributed by atoms with van der Waals surface area (Å²) in [5.74, 6) is -0.499. The molecular formula is C13H10Br2FNO2S. The van der Waals surface area contributed by atoms with Crippen molar-refractivity contribution in [2.24, 2.45) is 0 Å². The van der Waals surface area contributed by atoms with Crippen molar-refractivity contribution in [2.45, 2.75) is 11.8 Å². The number of rotatable bonds is 3. The molecule has 0 bridgehead atoms. The topological polar surface area (TPSA) is 46.2 Å². The lowest BCUT2D eigenvalue weighted by Crippen LogP contribution is -2.14. The number of hydrogen-bond donors (Lipinski definition) is 1. The zero-order valence-electron chi connectivity index (χ0n) is 10.3. The molecule has 0 heterocycles. The Hall–Kier alpha value is -0.920. The fourth-order valence-corrected chi connectivity index (χ4v) is 4.21. The van der Waals surface area contributed by atoms with Crippen LogP contribution in [0, 0.1) is 12.7 Å². The smallest absolute Gasteiger partial charge is 0.263 e. The molecular weight excluding hydrogens is 413 g/mol. The summed E-state index contributed by atoms with van der Waals surface area (Å²) in [6, 6.07) is 8.76. The second kappa shape index (κ2) is 5.83. The first kappa shape index (κ1) is 15.5. The highest BCUT2D eigenvalue weighted by Gasteiger charge is 2.19. The van der Waals surface area contributed by atoms with Gasteiger partial charge in [0.1, 0.15) is 10.7 Å². The van der Waals surface area contributed by atoms with Gasteiger partial charge in [-0.1, -0.05) is 22.0 Å². The molecule has 0 fully saturated rings. The molecule has 0 spiro atoms. The molecule has 0 aliphatic heterocycles. The molecule has 0 unspecified atom stereocenters. The van der Waals surface area contributed by atoms with E-state index in [0.717, 1.165) is 6.07 Å². The summed E-state index contributed by atoms with van der Waals surface area (Å²) in [5.41, 5.74) is 0.859. The van der Waals surface area contributed by atoms with Crippen LogP contribution >= 0.6 is 31.9 Å². The molecule has 0 saturated carbocycles. The van der Waals surface area contributed by atoms with Crippen molar-refractivity contribution >= 4 is 47.6 Å². The number of halogens is 3. The van der Waals surface area contributed by atoms with Crippen molar-refractivity contribution in [3.8, 4) is 0 Å². The largest absolute Gasteiger partial charge is 0.279 e. The summed E-state index contributed by atoms with van der Waals surface area (Å²) < 4.78 is 41.4. The molecule has 0 saturated heterocycles. The highest BCUT2D eigenvalue weighted by Crippen LogP contribution is 2.28. The maximum absolute atomic E-state index is 13.2. The average molecular weight is 423 g/mol. The van der Waals surface area contributed by atoms with E-state index in [-0.39, 0.29) is 10.6 Å². The van der Waals surface area contributed by atoms with Gasteiger partial charge in [0.05, 0.1) is 5.69 Å². The second-order valence-electron chi connectivity index (χ2n) is 4.14. The predicted octanol–water partition coefficient (Wildman–Crippen LogP) is 4.46. The average Bonchev–Trinajstić information content (AvgIpc) is 2.36. The van der Waals surface area contributed by atoms with E-state index in [1.807, 2.05) is 0 Å². The lowest BCUT2D eigenvalue weighted by atomic mass is 10.2. The third kappa shape index (κ3) is 3.39. The Labute approximate surface area is 133 Å². The summed E-state index contributed by atoms with van der Waals surface area (Å²) in [4.78, 5) is 0.0792. The summed E-state index contributed by atoms with van der Waals surface area (Å²) in [6.45, 7) is 1.70. The van der Waals surface area contributed by atoms with Crippen LogP contribution in [0.5, 0.6) is 0 Å². The van der Waals surface area contributed by atoms with E-state index in [0.29, 0.717) is 14.5 Å². The third-order valence-corrected chi connectivity index (χ3v) is 5.48. The molecule has 2 aromatic rings. The summed E-state index contributed by atoms with van der Waals surface area (Å²) in [5, 5.41) is 0. The molecule has 7 heteroatoms. The van der Waals surface area contributed by atoms with Gasteiger partial charge < -0.3 is 0 Å². The summed E-state index contributed by atoms with van der Waals surface area (Å²) in [6.07, 6.45) is 0. The monoisotopic (exact) mass is 421 g/mol. The van der Waals surface area contributed by atoms with E-state index in [2.05, 4.69) is 36.6 Å². The SMILES string of the molecule is Cc1ccc(F)cc1NS(=O)(=O)c1cc(Br)ccc1Br. The van der Waals surface area contributed by atoms with Crippen molar-refractivity contribution in [3.63, 3.8) is 0 Å². The van der Waals surface area contributed by atoms with Gasteiger partial charge in [-0.25, -0.2) is 12.8 Å². The van der Waals surface area contributed by atoms with Gasteiger partial charge >= 0.3 is 0 Å². The lowest BCUT2D eigenvalue weighted by molar-refractivity contribution is 0.600. The Balaban J connectivity index is 2.46. The van der Waals surface area contributed by atoms with Crippen molar-refractivity contribution in [2.75, 3.05) is 4.72 Å². The van der Waals surface area contributed by atoms with Crippen molar-refractivity contribution in [1.29, 1.82) is 0 Å². The molecule has 0 atom stereocenters. The Morgan fingerprint density at radius 3 is 2.50 bits per heavy atom. The number of benzene rings is 2. The Morgan fingerprint density at radius 1 is 1.10 bits per heavy atom. The van der Waals surface area contributed by atoms with E-state index in [1.165, 1.54) is 18.2 Å². The standard InChI is InChI=1S/C13H10Br2FNO2S/c1-8-2-4-10(16)7-12(8)17-20(18,19)13-6-9(14)3-5-11(13)15/h2-7,17H,1H3. The first-order valence-corrected chi connectivity index (χ1v) is 8.60. The quantitative estimate of drug-likeness (QED) is 0.793. The van der Waals surface area contributed by atoms with Gasteiger partial charge in [0, 0.05) is 8.95 Å². The summed E-state index contributed by atoms with van der Waals surface area (Å²) >= 11 is 6.43. The molecule has 0 aliphatic rings. The van der Waals surface area contributed by atoms with E-state index in [9.17, 15) is 12.8 Å². The van der Waals surface area contributed by atoms with Crippen LogP contribution in [0.1, 0.15) is 5.56 Å². The minimum absolute atomic E-state index is 0.0792. The fraction of sp³-hybridized carbons (Fsp3) is 0.0769. The van der Waals surface area contributed by atoms with Gasteiger partial charge in [0.25, 0.3) is 10.0 Å². The third-order valence-electron chi connectivity index (χ3n) is 2.63. The van der Waals surface area contributed by atoms with Gasteiger partial charge in [-0.2, -0.15) is 0 Å². The predicted molar refractivity (Wildman–Crippen MR) is 83.8 cm³/mol. The highest BCUT2D eigenvalue weighted by molar-refractivity contribution is 9.11. The molecule has 2 rings (SSSR count). The van der Waals surface area contributed by atoms with Crippen LogP contribution in [0.4, 0.5) is 10.1 Å². The Kier molecular flexibility index (Phi) is 4.51. The minimum Gasteiger partial charge on any atom is -0.279 e. The van der Waals surface area contributed by atoms with Crippen LogP contribution < -0.4 is 4.72 Å². The molecule has 106 valence electrons. The van der Waals surface area contributed by atoms with E-state index in [4.69, 9.17) is 0 Å². The molecule has 0 aromatic heterocycles. The second-order valence-corrected chi connectivity index (χ2v) is 7.56. The molecule has 0 amide bonds. The fourth-order valence-electron chi connectivity index (χ4n) is 1.59. The van der Waals surface area contributed by atoms with Crippen LogP contribution in [0.15, 0.2) is 50.2 Å². The molecule has 1 N–H and O–H groups in total. The molecule has 0 aliphatic carbocycles. The number of anilines is 1. The number of sulfonamides is 1. The molecule has 0 radical (unpaired) electrons. The first-order valence-electron chi connectivity index (χ1n) is 5.53. The van der Waals surface area contributed by atoms with Crippen molar-refractivity contribution in [3.05, 3.63) is 56.7 Å². The van der Waals surface area contributed by atoms with E-state index in [1.54, 1.807) is 19.1 Å². The van der Waals surface area contributed by atoms with Crippen LogP contribution in [0.3, 0.4) is 0 Å². The number of nitrogens with one attached hydrogen (secondary N) is 1. The van der Waals surface area contributed by atoms with Crippen LogP contribution in [0.25, 0.3) is 0 Å². The number of hydrogen-bond acceptors (Lipinski definition) is 2. The van der Waals surface area contributed by atoms with Crippen molar-refractivity contribution in [1.82, 2.24) is 0 Å². The van der Waals surface area contributed by atoms with Crippen molar-refractivity contribution < 1.29 is 12.8 Å². The lowest BCUT2D eigenvalue weighted by Gasteiger charge is -2.12. The molecule has 3 nitrogen and oxygen atoms in total. The summed E-state index contributed by atoms with van der Waals surface area (Å²) in [7, 11) is -3.80. The zero-order chi connectivity index (χ0) is 14.9. The molecule has 2 aromatic carbocycles.